The first-order chi connectivity index (χ1) is 7.76. The number of benzene rings is 1. The molecule has 1 aromatic rings. The third-order valence-electron chi connectivity index (χ3n) is 2.02. The summed E-state index contributed by atoms with van der Waals surface area (Å²) in [4.78, 5) is 0. The first-order valence-electron chi connectivity index (χ1n) is 5.34. The maximum atomic E-state index is 9.16. The Hall–Kier alpha value is -0.710. The van der Waals surface area contributed by atoms with Crippen LogP contribution < -0.4 is 4.74 Å². The van der Waals surface area contributed by atoms with Crippen molar-refractivity contribution in [1.29, 1.82) is 0 Å². The van der Waals surface area contributed by atoms with Crippen molar-refractivity contribution in [2.45, 2.75) is 18.8 Å². The molecule has 90 valence electrons. The van der Waals surface area contributed by atoms with Crippen LogP contribution in [0.2, 0.25) is 0 Å². The lowest BCUT2D eigenvalue weighted by molar-refractivity contribution is 0.113. The topological polar surface area (TPSA) is 49.7 Å². The minimum atomic E-state index is -0.618. The normalized spacial score (nSPS) is 12.4. The second kappa shape index (κ2) is 7.54. The number of hydrogen-bond acceptors (Lipinski definition) is 4. The van der Waals surface area contributed by atoms with Gasteiger partial charge in [-0.25, -0.2) is 0 Å². The smallest absolute Gasteiger partial charge is 0.119 e. The molecule has 1 aromatic carbocycles. The van der Waals surface area contributed by atoms with Crippen LogP contribution in [-0.4, -0.2) is 35.3 Å². The van der Waals surface area contributed by atoms with Gasteiger partial charge in [-0.05, 0) is 24.6 Å². The van der Waals surface area contributed by atoms with E-state index < -0.39 is 6.10 Å². The lowest BCUT2D eigenvalue weighted by Crippen LogP contribution is -2.14. The zero-order valence-corrected chi connectivity index (χ0v) is 10.2. The fourth-order valence-electron chi connectivity index (χ4n) is 1.21. The number of aliphatic hydroxyl groups is 2. The highest BCUT2D eigenvalue weighted by Crippen LogP contribution is 2.17. The highest BCUT2D eigenvalue weighted by molar-refractivity contribution is 7.98. The third-order valence-corrected chi connectivity index (χ3v) is 3.18. The summed E-state index contributed by atoms with van der Waals surface area (Å²) >= 11 is 1.61. The fourth-order valence-corrected chi connectivity index (χ4v) is 2.14. The molecule has 0 bridgehead atoms. The first kappa shape index (κ1) is 13.4. The number of aliphatic hydroxyl groups excluding tert-OH is 2. The Morgan fingerprint density at radius 2 is 2.00 bits per heavy atom. The van der Waals surface area contributed by atoms with E-state index in [1.54, 1.807) is 11.8 Å². The molecule has 0 spiro atoms. The van der Waals surface area contributed by atoms with E-state index in [1.807, 2.05) is 31.2 Å². The molecular weight excluding hydrogens is 224 g/mol. The Labute approximate surface area is 100 Å². The molecule has 0 fully saturated rings. The second-order valence-electron chi connectivity index (χ2n) is 3.43. The summed E-state index contributed by atoms with van der Waals surface area (Å²) in [6.45, 7) is 2.47. The summed E-state index contributed by atoms with van der Waals surface area (Å²) in [7, 11) is 0. The number of ether oxygens (including phenoxy) is 1. The van der Waals surface area contributed by atoms with Crippen LogP contribution in [-0.2, 0) is 5.75 Å². The van der Waals surface area contributed by atoms with Gasteiger partial charge in [-0.3, -0.25) is 0 Å². The highest BCUT2D eigenvalue weighted by atomic mass is 32.2. The van der Waals surface area contributed by atoms with Crippen LogP contribution in [0.5, 0.6) is 5.75 Å². The van der Waals surface area contributed by atoms with Gasteiger partial charge in [0.15, 0.2) is 0 Å². The van der Waals surface area contributed by atoms with E-state index in [0.29, 0.717) is 12.4 Å². The molecule has 4 heteroatoms. The Bertz CT molecular complexity index is 287. The van der Waals surface area contributed by atoms with Crippen molar-refractivity contribution in [3.05, 3.63) is 29.8 Å². The minimum absolute atomic E-state index is 0.170. The van der Waals surface area contributed by atoms with Crippen molar-refractivity contribution in [3.63, 3.8) is 0 Å². The van der Waals surface area contributed by atoms with E-state index in [-0.39, 0.29) is 6.61 Å². The molecule has 16 heavy (non-hydrogen) atoms. The van der Waals surface area contributed by atoms with Gasteiger partial charge in [0.2, 0.25) is 0 Å². The SMILES string of the molecule is CCOc1ccc(CSCC(O)CO)cc1. The quantitative estimate of drug-likeness (QED) is 0.763. The number of hydrogen-bond donors (Lipinski definition) is 2. The van der Waals surface area contributed by atoms with Crippen LogP contribution >= 0.6 is 11.8 Å². The van der Waals surface area contributed by atoms with Gasteiger partial charge in [0, 0.05) is 11.5 Å². The van der Waals surface area contributed by atoms with Gasteiger partial charge in [-0.2, -0.15) is 11.8 Å². The summed E-state index contributed by atoms with van der Waals surface area (Å²) in [5, 5.41) is 17.8. The molecule has 0 aliphatic heterocycles. The summed E-state index contributed by atoms with van der Waals surface area (Å²) in [6, 6.07) is 7.93. The van der Waals surface area contributed by atoms with E-state index in [4.69, 9.17) is 14.9 Å². The van der Waals surface area contributed by atoms with E-state index in [9.17, 15) is 0 Å². The first-order valence-corrected chi connectivity index (χ1v) is 6.50. The Balaban J connectivity index is 2.31. The summed E-state index contributed by atoms with van der Waals surface area (Å²) in [5.41, 5.74) is 1.19. The Morgan fingerprint density at radius 1 is 1.31 bits per heavy atom. The molecule has 0 saturated heterocycles. The number of rotatable bonds is 7. The van der Waals surface area contributed by atoms with Crippen molar-refractivity contribution >= 4 is 11.8 Å². The summed E-state index contributed by atoms with van der Waals surface area (Å²) < 4.78 is 5.34. The predicted octanol–water partition coefficient (Wildman–Crippen LogP) is 1.67. The van der Waals surface area contributed by atoms with Gasteiger partial charge in [0.05, 0.1) is 19.3 Å². The highest BCUT2D eigenvalue weighted by Gasteiger charge is 2.02. The van der Waals surface area contributed by atoms with Crippen LogP contribution in [0.25, 0.3) is 0 Å². The molecule has 0 heterocycles. The van der Waals surface area contributed by atoms with Gasteiger partial charge >= 0.3 is 0 Å². The maximum Gasteiger partial charge on any atom is 0.119 e. The van der Waals surface area contributed by atoms with Gasteiger partial charge in [0.25, 0.3) is 0 Å². The Kier molecular flexibility index (Phi) is 6.30. The van der Waals surface area contributed by atoms with E-state index >= 15 is 0 Å². The minimum Gasteiger partial charge on any atom is -0.494 e. The molecule has 0 amide bonds. The molecule has 0 aliphatic carbocycles. The van der Waals surface area contributed by atoms with Crippen LogP contribution in [0.15, 0.2) is 24.3 Å². The van der Waals surface area contributed by atoms with Crippen molar-refractivity contribution in [1.82, 2.24) is 0 Å². The van der Waals surface area contributed by atoms with E-state index in [1.165, 1.54) is 5.56 Å². The molecule has 0 saturated carbocycles. The third kappa shape index (κ3) is 4.88. The molecule has 0 aromatic heterocycles. The van der Waals surface area contributed by atoms with Crippen molar-refractivity contribution < 1.29 is 14.9 Å². The van der Waals surface area contributed by atoms with Gasteiger partial charge < -0.3 is 14.9 Å². The molecule has 0 aliphatic rings. The summed E-state index contributed by atoms with van der Waals surface area (Å²) in [6.07, 6.45) is -0.618. The average molecular weight is 242 g/mol. The van der Waals surface area contributed by atoms with Crippen molar-refractivity contribution in [2.24, 2.45) is 0 Å². The molecule has 0 radical (unpaired) electrons. The fraction of sp³-hybridized carbons (Fsp3) is 0.500. The van der Waals surface area contributed by atoms with Crippen LogP contribution in [0, 0.1) is 0 Å². The molecule has 1 atom stereocenters. The molecule has 1 unspecified atom stereocenters. The molecule has 3 nitrogen and oxygen atoms in total. The average Bonchev–Trinajstić information content (AvgIpc) is 2.31. The van der Waals surface area contributed by atoms with Gasteiger partial charge in [-0.15, -0.1) is 0 Å². The monoisotopic (exact) mass is 242 g/mol. The largest absolute Gasteiger partial charge is 0.494 e. The van der Waals surface area contributed by atoms with Crippen molar-refractivity contribution in [3.8, 4) is 5.75 Å². The summed E-state index contributed by atoms with van der Waals surface area (Å²) in [5.74, 6) is 2.28. The van der Waals surface area contributed by atoms with E-state index in [2.05, 4.69) is 0 Å². The predicted molar refractivity (Wildman–Crippen MR) is 66.9 cm³/mol. The van der Waals surface area contributed by atoms with Crippen LogP contribution in [0.3, 0.4) is 0 Å². The molecular formula is C12H18O3S. The van der Waals surface area contributed by atoms with Crippen molar-refractivity contribution in [2.75, 3.05) is 19.0 Å². The number of thioether (sulfide) groups is 1. The second-order valence-corrected chi connectivity index (χ2v) is 4.46. The molecule has 1 rings (SSSR count). The maximum absolute atomic E-state index is 9.16. The van der Waals surface area contributed by atoms with E-state index in [0.717, 1.165) is 11.5 Å². The zero-order valence-electron chi connectivity index (χ0n) is 9.43. The van der Waals surface area contributed by atoms with Crippen LogP contribution in [0.4, 0.5) is 0 Å². The lowest BCUT2D eigenvalue weighted by Gasteiger charge is -2.07. The van der Waals surface area contributed by atoms with Gasteiger partial charge in [0.1, 0.15) is 5.75 Å². The molecule has 2 N–H and O–H groups in total. The van der Waals surface area contributed by atoms with Crippen LogP contribution in [0.1, 0.15) is 12.5 Å². The lowest BCUT2D eigenvalue weighted by atomic mass is 10.2. The zero-order chi connectivity index (χ0) is 11.8. The Morgan fingerprint density at radius 3 is 2.56 bits per heavy atom. The van der Waals surface area contributed by atoms with Gasteiger partial charge in [-0.1, -0.05) is 12.1 Å². The standard InChI is InChI=1S/C12H18O3S/c1-2-15-12-5-3-10(4-6-12)8-16-9-11(14)7-13/h3-6,11,13-14H,2,7-9H2,1H3.